The first-order valence-electron chi connectivity index (χ1n) is 7.60. The highest BCUT2D eigenvalue weighted by Gasteiger charge is 2.57. The first kappa shape index (κ1) is 13.6. The van der Waals surface area contributed by atoms with Crippen LogP contribution >= 0.6 is 8.58 Å². The molecule has 2 unspecified atom stereocenters. The first-order chi connectivity index (χ1) is 9.12. The van der Waals surface area contributed by atoms with Crippen molar-refractivity contribution < 1.29 is 0 Å². The van der Waals surface area contributed by atoms with Gasteiger partial charge >= 0.3 is 0 Å². The summed E-state index contributed by atoms with van der Waals surface area (Å²) in [7, 11) is 5.51. The van der Waals surface area contributed by atoms with E-state index in [1.165, 1.54) is 25.7 Å². The third kappa shape index (κ3) is 2.60. The van der Waals surface area contributed by atoms with Gasteiger partial charge in [-0.3, -0.25) is 0 Å². The highest BCUT2D eigenvalue weighted by atomic mass is 31.1. The third-order valence-electron chi connectivity index (χ3n) is 5.45. The zero-order valence-corrected chi connectivity index (χ0v) is 13.4. The van der Waals surface area contributed by atoms with Crippen molar-refractivity contribution in [2.24, 2.45) is 11.3 Å². The zero-order chi connectivity index (χ0) is 13.5. The molecule has 0 aliphatic heterocycles. The maximum Gasteiger partial charge on any atom is 0.0100 e. The van der Waals surface area contributed by atoms with Crippen LogP contribution in [0.15, 0.2) is 30.3 Å². The molecule has 0 bridgehead atoms. The third-order valence-corrected chi connectivity index (χ3v) is 7.13. The van der Waals surface area contributed by atoms with Crippen LogP contribution in [0.3, 0.4) is 0 Å². The Labute approximate surface area is 119 Å². The Balaban J connectivity index is 1.77. The van der Waals surface area contributed by atoms with Crippen LogP contribution in [-0.4, -0.2) is 30.7 Å². The fraction of sp³-hybridized carbons (Fsp3) is 0.647. The van der Waals surface area contributed by atoms with Crippen molar-refractivity contribution in [3.05, 3.63) is 30.3 Å². The molecule has 0 saturated heterocycles. The lowest BCUT2D eigenvalue weighted by atomic mass is 9.86. The average molecular weight is 275 g/mol. The van der Waals surface area contributed by atoms with Gasteiger partial charge < -0.3 is 4.90 Å². The lowest BCUT2D eigenvalue weighted by Gasteiger charge is -2.35. The van der Waals surface area contributed by atoms with Crippen molar-refractivity contribution in [1.82, 2.24) is 4.90 Å². The number of benzene rings is 1. The van der Waals surface area contributed by atoms with Crippen LogP contribution in [0.25, 0.3) is 0 Å². The van der Waals surface area contributed by atoms with Gasteiger partial charge in [-0.1, -0.05) is 38.9 Å². The molecule has 0 amide bonds. The van der Waals surface area contributed by atoms with Gasteiger partial charge in [0.05, 0.1) is 0 Å². The molecule has 2 saturated carbocycles. The van der Waals surface area contributed by atoms with Gasteiger partial charge in [0.2, 0.25) is 0 Å². The van der Waals surface area contributed by atoms with Crippen molar-refractivity contribution in [3.63, 3.8) is 0 Å². The molecule has 2 fully saturated rings. The van der Waals surface area contributed by atoms with E-state index in [9.17, 15) is 0 Å². The highest BCUT2D eigenvalue weighted by molar-refractivity contribution is 7.48. The summed E-state index contributed by atoms with van der Waals surface area (Å²) in [5, 5.41) is 1.56. The number of nitrogens with zero attached hydrogens (tertiary/aromatic N) is 1. The van der Waals surface area contributed by atoms with Crippen molar-refractivity contribution in [2.75, 3.05) is 14.1 Å². The van der Waals surface area contributed by atoms with Gasteiger partial charge in [0, 0.05) is 6.04 Å². The van der Waals surface area contributed by atoms with Crippen molar-refractivity contribution in [1.29, 1.82) is 0 Å². The van der Waals surface area contributed by atoms with Crippen molar-refractivity contribution in [2.45, 2.75) is 44.3 Å². The first-order valence-corrected chi connectivity index (χ1v) is 8.68. The number of rotatable bonds is 4. The Morgan fingerprint density at radius 3 is 2.42 bits per heavy atom. The van der Waals surface area contributed by atoms with E-state index in [1.807, 2.05) is 0 Å². The van der Waals surface area contributed by atoms with Gasteiger partial charge in [-0.25, -0.2) is 0 Å². The predicted molar refractivity (Wildman–Crippen MR) is 85.7 cm³/mol. The standard InChI is InChI=1S/C17H26NP/c1-13(18(2)3)16-15(9-10-17(16)11-12-17)19-14-7-5-4-6-8-14/h4-8,13,15-16,19H,9-12H2,1-3H3/t13-,15+,16?/m1/s1. The molecule has 2 aliphatic carbocycles. The summed E-state index contributed by atoms with van der Waals surface area (Å²) in [5.74, 6) is 0.918. The van der Waals surface area contributed by atoms with Gasteiger partial charge in [-0.05, 0) is 69.0 Å². The molecule has 2 aliphatic rings. The summed E-state index contributed by atoms with van der Waals surface area (Å²) in [6.07, 6.45) is 5.92. The minimum absolute atomic E-state index is 0.728. The lowest BCUT2D eigenvalue weighted by Crippen LogP contribution is -2.39. The fourth-order valence-electron chi connectivity index (χ4n) is 4.04. The topological polar surface area (TPSA) is 3.24 Å². The Kier molecular flexibility index (Phi) is 3.71. The molecule has 3 rings (SSSR count). The minimum atomic E-state index is 0.728. The molecular weight excluding hydrogens is 249 g/mol. The van der Waals surface area contributed by atoms with Crippen LogP contribution in [-0.2, 0) is 0 Å². The van der Waals surface area contributed by atoms with E-state index in [1.54, 1.807) is 5.30 Å². The van der Waals surface area contributed by atoms with Gasteiger partial charge in [0.15, 0.2) is 0 Å². The maximum atomic E-state index is 2.44. The fourth-order valence-corrected chi connectivity index (χ4v) is 5.95. The van der Waals surface area contributed by atoms with Crippen LogP contribution in [0.4, 0.5) is 0 Å². The quantitative estimate of drug-likeness (QED) is 0.760. The maximum absolute atomic E-state index is 2.44. The smallest absolute Gasteiger partial charge is 0.0100 e. The van der Waals surface area contributed by atoms with E-state index in [4.69, 9.17) is 0 Å². The SMILES string of the molecule is C[C@H](C1[C@@H](Pc2ccccc2)CCC12CC2)N(C)C. The van der Waals surface area contributed by atoms with Gasteiger partial charge in [0.1, 0.15) is 0 Å². The highest BCUT2D eigenvalue weighted by Crippen LogP contribution is 2.65. The summed E-state index contributed by atoms with van der Waals surface area (Å²) in [6, 6.07) is 11.9. The molecular formula is C17H26NP. The lowest BCUT2D eigenvalue weighted by molar-refractivity contribution is 0.181. The molecule has 1 spiro atoms. The minimum Gasteiger partial charge on any atom is -0.306 e. The molecule has 0 N–H and O–H groups in total. The molecule has 1 aromatic carbocycles. The summed E-state index contributed by atoms with van der Waals surface area (Å²) in [4.78, 5) is 2.44. The second-order valence-corrected chi connectivity index (χ2v) is 8.36. The Bertz CT molecular complexity index is 424. The van der Waals surface area contributed by atoms with Crippen LogP contribution < -0.4 is 5.30 Å². The summed E-state index contributed by atoms with van der Waals surface area (Å²) in [5.41, 5.74) is 1.65. The summed E-state index contributed by atoms with van der Waals surface area (Å²) >= 11 is 0. The molecule has 1 aromatic rings. The summed E-state index contributed by atoms with van der Waals surface area (Å²) < 4.78 is 0. The molecule has 0 heterocycles. The molecule has 2 heteroatoms. The summed E-state index contributed by atoms with van der Waals surface area (Å²) in [6.45, 7) is 2.44. The molecule has 4 atom stereocenters. The van der Waals surface area contributed by atoms with E-state index in [-0.39, 0.29) is 0 Å². The van der Waals surface area contributed by atoms with Crippen LogP contribution in [0, 0.1) is 11.3 Å². The van der Waals surface area contributed by atoms with Crippen LogP contribution in [0.5, 0.6) is 0 Å². The van der Waals surface area contributed by atoms with Crippen molar-refractivity contribution >= 4 is 13.9 Å². The van der Waals surface area contributed by atoms with Crippen LogP contribution in [0.1, 0.15) is 32.6 Å². The second kappa shape index (κ2) is 5.19. The number of hydrogen-bond donors (Lipinski definition) is 0. The molecule has 0 radical (unpaired) electrons. The predicted octanol–water partition coefficient (Wildman–Crippen LogP) is 3.50. The molecule has 0 aromatic heterocycles. The van der Waals surface area contributed by atoms with E-state index < -0.39 is 0 Å². The Morgan fingerprint density at radius 2 is 1.84 bits per heavy atom. The van der Waals surface area contributed by atoms with E-state index in [0.717, 1.165) is 31.6 Å². The number of hydrogen-bond acceptors (Lipinski definition) is 1. The largest absolute Gasteiger partial charge is 0.306 e. The van der Waals surface area contributed by atoms with E-state index >= 15 is 0 Å². The monoisotopic (exact) mass is 275 g/mol. The Morgan fingerprint density at radius 1 is 1.16 bits per heavy atom. The zero-order valence-electron chi connectivity index (χ0n) is 12.4. The molecule has 19 heavy (non-hydrogen) atoms. The van der Waals surface area contributed by atoms with Gasteiger partial charge in [0.25, 0.3) is 0 Å². The van der Waals surface area contributed by atoms with Gasteiger partial charge in [-0.2, -0.15) is 0 Å². The Hall–Kier alpha value is -0.390. The molecule has 104 valence electrons. The van der Waals surface area contributed by atoms with Crippen molar-refractivity contribution in [3.8, 4) is 0 Å². The normalized spacial score (nSPS) is 30.5. The average Bonchev–Trinajstić information content (AvgIpc) is 3.09. The van der Waals surface area contributed by atoms with Gasteiger partial charge in [-0.15, -0.1) is 0 Å². The van der Waals surface area contributed by atoms with E-state index in [2.05, 4.69) is 56.3 Å². The second-order valence-electron chi connectivity index (χ2n) is 6.75. The molecule has 1 nitrogen and oxygen atoms in total. The van der Waals surface area contributed by atoms with E-state index in [0.29, 0.717) is 0 Å². The van der Waals surface area contributed by atoms with Crippen LogP contribution in [0.2, 0.25) is 0 Å².